The molecule has 1 aliphatic carbocycles. The summed E-state index contributed by atoms with van der Waals surface area (Å²) >= 11 is 0. The van der Waals surface area contributed by atoms with E-state index in [-0.39, 0.29) is 24.1 Å². The van der Waals surface area contributed by atoms with Crippen LogP contribution < -0.4 is 10.6 Å². The summed E-state index contributed by atoms with van der Waals surface area (Å²) in [6.07, 6.45) is 4.45. The third-order valence-electron chi connectivity index (χ3n) is 2.94. The normalized spacial score (nSPS) is 25.8. The fourth-order valence-electron chi connectivity index (χ4n) is 2.11. The van der Waals surface area contributed by atoms with Crippen LogP contribution in [-0.2, 0) is 4.79 Å². The van der Waals surface area contributed by atoms with Crippen molar-refractivity contribution in [1.29, 1.82) is 0 Å². The molecule has 1 fully saturated rings. The van der Waals surface area contributed by atoms with Crippen molar-refractivity contribution in [2.45, 2.75) is 64.1 Å². The van der Waals surface area contributed by atoms with Gasteiger partial charge in [0.15, 0.2) is 0 Å². The second kappa shape index (κ2) is 6.86. The molecule has 3 N–H and O–H groups in total. The van der Waals surface area contributed by atoms with Gasteiger partial charge in [-0.25, -0.2) is 0 Å². The van der Waals surface area contributed by atoms with Crippen molar-refractivity contribution in [3.05, 3.63) is 0 Å². The number of amides is 1. The Bertz CT molecular complexity index is 219. The van der Waals surface area contributed by atoms with Gasteiger partial charge in [-0.05, 0) is 26.7 Å². The molecule has 1 amide bonds. The van der Waals surface area contributed by atoms with Crippen molar-refractivity contribution in [2.24, 2.45) is 0 Å². The monoisotopic (exact) mass is 228 g/mol. The third-order valence-corrected chi connectivity index (χ3v) is 2.94. The molecule has 0 bridgehead atoms. The predicted octanol–water partition coefficient (Wildman–Crippen LogP) is 0.794. The lowest BCUT2D eigenvalue weighted by molar-refractivity contribution is -0.121. The van der Waals surface area contributed by atoms with Crippen molar-refractivity contribution in [3.8, 4) is 0 Å². The van der Waals surface area contributed by atoms with E-state index in [1.54, 1.807) is 0 Å². The molecule has 4 nitrogen and oxygen atoms in total. The summed E-state index contributed by atoms with van der Waals surface area (Å²) in [6.45, 7) is 4.56. The van der Waals surface area contributed by atoms with E-state index in [1.807, 2.05) is 13.8 Å². The Labute approximate surface area is 97.8 Å². The SMILES string of the molecule is CC(C)NC(=O)CCNC1CCCCC1O. The van der Waals surface area contributed by atoms with Crippen molar-refractivity contribution in [3.63, 3.8) is 0 Å². The first-order valence-electron chi connectivity index (χ1n) is 6.30. The summed E-state index contributed by atoms with van der Waals surface area (Å²) < 4.78 is 0. The van der Waals surface area contributed by atoms with E-state index in [0.717, 1.165) is 19.3 Å². The predicted molar refractivity (Wildman–Crippen MR) is 64.2 cm³/mol. The minimum atomic E-state index is -0.234. The Hall–Kier alpha value is -0.610. The maximum Gasteiger partial charge on any atom is 0.221 e. The van der Waals surface area contributed by atoms with E-state index in [9.17, 15) is 9.90 Å². The second-order valence-electron chi connectivity index (χ2n) is 4.88. The molecule has 16 heavy (non-hydrogen) atoms. The molecule has 4 heteroatoms. The molecule has 2 unspecified atom stereocenters. The Morgan fingerprint density at radius 1 is 1.38 bits per heavy atom. The summed E-state index contributed by atoms with van der Waals surface area (Å²) in [5.74, 6) is 0.0767. The van der Waals surface area contributed by atoms with Gasteiger partial charge in [-0.2, -0.15) is 0 Å². The van der Waals surface area contributed by atoms with E-state index in [1.165, 1.54) is 6.42 Å². The van der Waals surface area contributed by atoms with Crippen molar-refractivity contribution >= 4 is 5.91 Å². The van der Waals surface area contributed by atoms with E-state index in [2.05, 4.69) is 10.6 Å². The lowest BCUT2D eigenvalue weighted by Crippen LogP contribution is -2.43. The average molecular weight is 228 g/mol. The van der Waals surface area contributed by atoms with Gasteiger partial charge in [0.05, 0.1) is 6.10 Å². The van der Waals surface area contributed by atoms with Gasteiger partial charge in [0.25, 0.3) is 0 Å². The number of rotatable bonds is 5. The molecule has 0 aromatic carbocycles. The number of hydrogen-bond acceptors (Lipinski definition) is 3. The van der Waals surface area contributed by atoms with Crippen LogP contribution in [0.2, 0.25) is 0 Å². The lowest BCUT2D eigenvalue weighted by Gasteiger charge is -2.28. The smallest absolute Gasteiger partial charge is 0.221 e. The molecule has 1 rings (SSSR count). The molecule has 1 saturated carbocycles. The van der Waals surface area contributed by atoms with Crippen LogP contribution in [0.5, 0.6) is 0 Å². The standard InChI is InChI=1S/C12H24N2O2/c1-9(2)14-12(16)7-8-13-10-5-3-4-6-11(10)15/h9-11,13,15H,3-8H2,1-2H3,(H,14,16). The first-order chi connectivity index (χ1) is 7.59. The zero-order valence-corrected chi connectivity index (χ0v) is 10.3. The average Bonchev–Trinajstić information content (AvgIpc) is 2.19. The van der Waals surface area contributed by atoms with Crippen LogP contribution in [0.25, 0.3) is 0 Å². The van der Waals surface area contributed by atoms with E-state index in [4.69, 9.17) is 0 Å². The quantitative estimate of drug-likeness (QED) is 0.652. The molecule has 0 spiro atoms. The molecule has 0 aromatic heterocycles. The first kappa shape index (κ1) is 13.5. The van der Waals surface area contributed by atoms with Crippen LogP contribution in [0.3, 0.4) is 0 Å². The lowest BCUT2D eigenvalue weighted by atomic mass is 9.92. The minimum absolute atomic E-state index is 0.0767. The molecule has 0 aromatic rings. The molecule has 94 valence electrons. The van der Waals surface area contributed by atoms with Crippen molar-refractivity contribution in [1.82, 2.24) is 10.6 Å². The fraction of sp³-hybridized carbons (Fsp3) is 0.917. The van der Waals surface area contributed by atoms with Crippen LogP contribution in [0, 0.1) is 0 Å². The molecule has 2 atom stereocenters. The number of hydrogen-bond donors (Lipinski definition) is 3. The van der Waals surface area contributed by atoms with Gasteiger partial charge >= 0.3 is 0 Å². The first-order valence-corrected chi connectivity index (χ1v) is 6.30. The van der Waals surface area contributed by atoms with Crippen LogP contribution in [-0.4, -0.2) is 35.7 Å². The molecular weight excluding hydrogens is 204 g/mol. The Morgan fingerprint density at radius 3 is 2.69 bits per heavy atom. The summed E-state index contributed by atoms with van der Waals surface area (Å²) in [6, 6.07) is 0.383. The fourth-order valence-corrected chi connectivity index (χ4v) is 2.11. The number of carbonyl (C=O) groups is 1. The van der Waals surface area contributed by atoms with Gasteiger partial charge in [-0.1, -0.05) is 12.8 Å². The number of nitrogens with one attached hydrogen (secondary N) is 2. The highest BCUT2D eigenvalue weighted by molar-refractivity contribution is 5.76. The Balaban J connectivity index is 2.12. The number of carbonyl (C=O) groups excluding carboxylic acids is 1. The molecule has 0 aliphatic heterocycles. The Kier molecular flexibility index (Phi) is 5.77. The maximum atomic E-state index is 11.4. The third kappa shape index (κ3) is 4.94. The molecular formula is C12H24N2O2. The van der Waals surface area contributed by atoms with Gasteiger partial charge < -0.3 is 15.7 Å². The molecule has 0 heterocycles. The van der Waals surface area contributed by atoms with Gasteiger partial charge in [0.1, 0.15) is 0 Å². The van der Waals surface area contributed by atoms with Crippen molar-refractivity contribution < 1.29 is 9.90 Å². The van der Waals surface area contributed by atoms with E-state index in [0.29, 0.717) is 13.0 Å². The largest absolute Gasteiger partial charge is 0.392 e. The second-order valence-corrected chi connectivity index (χ2v) is 4.88. The van der Waals surface area contributed by atoms with Crippen LogP contribution >= 0.6 is 0 Å². The summed E-state index contributed by atoms with van der Waals surface area (Å²) in [4.78, 5) is 11.4. The summed E-state index contributed by atoms with van der Waals surface area (Å²) in [5, 5.41) is 15.8. The summed E-state index contributed by atoms with van der Waals surface area (Å²) in [5.41, 5.74) is 0. The molecule has 1 aliphatic rings. The molecule has 0 saturated heterocycles. The zero-order valence-electron chi connectivity index (χ0n) is 10.3. The Morgan fingerprint density at radius 2 is 2.06 bits per heavy atom. The topological polar surface area (TPSA) is 61.4 Å². The van der Waals surface area contributed by atoms with Gasteiger partial charge in [0.2, 0.25) is 5.91 Å². The number of aliphatic hydroxyl groups is 1. The van der Waals surface area contributed by atoms with Crippen LogP contribution in [0.15, 0.2) is 0 Å². The number of aliphatic hydroxyl groups excluding tert-OH is 1. The summed E-state index contributed by atoms with van der Waals surface area (Å²) in [7, 11) is 0. The van der Waals surface area contributed by atoms with Gasteiger partial charge in [-0.15, -0.1) is 0 Å². The minimum Gasteiger partial charge on any atom is -0.392 e. The van der Waals surface area contributed by atoms with E-state index < -0.39 is 0 Å². The highest BCUT2D eigenvalue weighted by Crippen LogP contribution is 2.18. The molecule has 0 radical (unpaired) electrons. The highest BCUT2D eigenvalue weighted by atomic mass is 16.3. The van der Waals surface area contributed by atoms with Gasteiger partial charge in [0, 0.05) is 25.0 Å². The zero-order chi connectivity index (χ0) is 12.0. The highest BCUT2D eigenvalue weighted by Gasteiger charge is 2.22. The van der Waals surface area contributed by atoms with Crippen LogP contribution in [0.1, 0.15) is 46.0 Å². The maximum absolute atomic E-state index is 11.4. The van der Waals surface area contributed by atoms with Gasteiger partial charge in [-0.3, -0.25) is 4.79 Å². The van der Waals surface area contributed by atoms with Crippen LogP contribution in [0.4, 0.5) is 0 Å². The van der Waals surface area contributed by atoms with E-state index >= 15 is 0 Å². The van der Waals surface area contributed by atoms with Crippen molar-refractivity contribution in [2.75, 3.05) is 6.54 Å².